The highest BCUT2D eigenvalue weighted by Gasteiger charge is 2.32. The van der Waals surface area contributed by atoms with Crippen LogP contribution < -0.4 is 10.5 Å². The first-order valence-corrected chi connectivity index (χ1v) is 6.41. The molecular formula is C12H7BrClF3N2O. The number of nitrogens with two attached hydrogens (primary N) is 1. The summed E-state index contributed by atoms with van der Waals surface area (Å²) in [6.07, 6.45) is -4.50. The number of aromatic nitrogens is 1. The van der Waals surface area contributed by atoms with Crippen LogP contribution in [0.1, 0.15) is 5.56 Å². The summed E-state index contributed by atoms with van der Waals surface area (Å²) < 4.78 is 43.6. The Morgan fingerprint density at radius 2 is 1.90 bits per heavy atom. The Balaban J connectivity index is 2.31. The average Bonchev–Trinajstić information content (AvgIpc) is 2.32. The minimum absolute atomic E-state index is 0.131. The van der Waals surface area contributed by atoms with Crippen molar-refractivity contribution in [1.82, 2.24) is 4.98 Å². The van der Waals surface area contributed by atoms with Crippen LogP contribution in [0.3, 0.4) is 0 Å². The van der Waals surface area contributed by atoms with Crippen molar-refractivity contribution in [2.75, 3.05) is 5.73 Å². The van der Waals surface area contributed by atoms with E-state index in [1.165, 1.54) is 0 Å². The molecule has 0 fully saturated rings. The van der Waals surface area contributed by atoms with Gasteiger partial charge in [-0.15, -0.1) is 0 Å². The van der Waals surface area contributed by atoms with E-state index in [9.17, 15) is 13.2 Å². The summed E-state index contributed by atoms with van der Waals surface area (Å²) in [5.41, 5.74) is 4.03. The molecule has 8 heteroatoms. The van der Waals surface area contributed by atoms with Gasteiger partial charge < -0.3 is 10.5 Å². The number of alkyl halides is 3. The van der Waals surface area contributed by atoms with E-state index in [4.69, 9.17) is 22.1 Å². The molecular weight excluding hydrogens is 360 g/mol. The molecule has 1 aromatic heterocycles. The van der Waals surface area contributed by atoms with Gasteiger partial charge in [0.15, 0.2) is 0 Å². The van der Waals surface area contributed by atoms with E-state index in [1.54, 1.807) is 12.1 Å². The molecule has 0 aliphatic carbocycles. The van der Waals surface area contributed by atoms with Gasteiger partial charge in [-0.1, -0.05) is 11.6 Å². The van der Waals surface area contributed by atoms with Crippen LogP contribution in [0.15, 0.2) is 34.8 Å². The number of nitrogen functional groups attached to an aromatic ring is 1. The maximum absolute atomic E-state index is 12.6. The molecule has 2 aromatic rings. The van der Waals surface area contributed by atoms with E-state index in [1.807, 2.05) is 0 Å². The summed E-state index contributed by atoms with van der Waals surface area (Å²) in [7, 11) is 0. The predicted octanol–water partition coefficient (Wildman–Crippen LogP) is 4.89. The summed E-state index contributed by atoms with van der Waals surface area (Å²) >= 11 is 8.91. The lowest BCUT2D eigenvalue weighted by Gasteiger charge is -2.12. The lowest BCUT2D eigenvalue weighted by atomic mass is 10.1. The lowest BCUT2D eigenvalue weighted by Crippen LogP contribution is -2.08. The molecule has 2 rings (SSSR count). The second-order valence-corrected chi connectivity index (χ2v) is 5.01. The summed E-state index contributed by atoms with van der Waals surface area (Å²) in [5, 5.41) is 0.197. The van der Waals surface area contributed by atoms with E-state index in [0.29, 0.717) is 4.47 Å². The number of anilines is 1. The number of benzene rings is 1. The number of nitrogens with zero attached hydrogens (tertiary/aromatic N) is 1. The Labute approximate surface area is 125 Å². The molecule has 20 heavy (non-hydrogen) atoms. The van der Waals surface area contributed by atoms with Crippen molar-refractivity contribution < 1.29 is 17.9 Å². The summed E-state index contributed by atoms with van der Waals surface area (Å²) in [6.45, 7) is 0. The number of ether oxygens (including phenoxy) is 1. The van der Waals surface area contributed by atoms with Gasteiger partial charge in [0.25, 0.3) is 0 Å². The largest absolute Gasteiger partial charge is 0.438 e. The van der Waals surface area contributed by atoms with E-state index in [2.05, 4.69) is 20.9 Å². The SMILES string of the molecule is Nc1cc(Oc2nc(Cl)ccc2Br)ccc1C(F)(F)F. The summed E-state index contributed by atoms with van der Waals surface area (Å²) in [5.74, 6) is 0.266. The van der Waals surface area contributed by atoms with Crippen molar-refractivity contribution in [2.45, 2.75) is 6.18 Å². The molecule has 1 aromatic carbocycles. The Morgan fingerprint density at radius 1 is 1.20 bits per heavy atom. The summed E-state index contributed by atoms with van der Waals surface area (Å²) in [6, 6.07) is 6.24. The Kier molecular flexibility index (Phi) is 4.10. The maximum Gasteiger partial charge on any atom is 0.418 e. The average molecular weight is 368 g/mol. The molecule has 2 N–H and O–H groups in total. The molecule has 0 aliphatic heterocycles. The third-order valence-corrected chi connectivity index (χ3v) is 3.14. The van der Waals surface area contributed by atoms with Gasteiger partial charge in [0, 0.05) is 11.8 Å². The normalized spacial score (nSPS) is 11.4. The zero-order chi connectivity index (χ0) is 14.9. The van der Waals surface area contributed by atoms with Crippen LogP contribution in [0.25, 0.3) is 0 Å². The number of rotatable bonds is 2. The second-order valence-electron chi connectivity index (χ2n) is 3.77. The molecule has 0 atom stereocenters. The van der Waals surface area contributed by atoms with E-state index < -0.39 is 17.4 Å². The standard InChI is InChI=1S/C12H7BrClF3N2O/c13-8-3-4-10(14)19-11(8)20-6-1-2-7(9(18)5-6)12(15,16)17/h1-5H,18H2. The molecule has 0 amide bonds. The zero-order valence-corrected chi connectivity index (χ0v) is 12.1. The summed E-state index contributed by atoms with van der Waals surface area (Å²) in [4.78, 5) is 3.90. The quantitative estimate of drug-likeness (QED) is 0.607. The van der Waals surface area contributed by atoms with Gasteiger partial charge >= 0.3 is 6.18 Å². The molecule has 106 valence electrons. The number of hydrogen-bond acceptors (Lipinski definition) is 3. The molecule has 0 unspecified atom stereocenters. The predicted molar refractivity (Wildman–Crippen MR) is 72.9 cm³/mol. The fourth-order valence-corrected chi connectivity index (χ4v) is 1.89. The molecule has 0 aliphatic rings. The van der Waals surface area contributed by atoms with Crippen LogP contribution in [-0.4, -0.2) is 4.98 Å². The topological polar surface area (TPSA) is 48.1 Å². The monoisotopic (exact) mass is 366 g/mol. The van der Waals surface area contributed by atoms with E-state index in [0.717, 1.165) is 18.2 Å². The zero-order valence-electron chi connectivity index (χ0n) is 9.71. The molecule has 0 spiro atoms. The van der Waals surface area contributed by atoms with Crippen LogP contribution >= 0.6 is 27.5 Å². The van der Waals surface area contributed by atoms with Crippen molar-refractivity contribution >= 4 is 33.2 Å². The van der Waals surface area contributed by atoms with Gasteiger partial charge in [0.05, 0.1) is 10.0 Å². The van der Waals surface area contributed by atoms with Gasteiger partial charge in [-0.25, -0.2) is 4.98 Å². The van der Waals surface area contributed by atoms with Crippen LogP contribution in [0.4, 0.5) is 18.9 Å². The molecule has 3 nitrogen and oxygen atoms in total. The minimum Gasteiger partial charge on any atom is -0.438 e. The van der Waals surface area contributed by atoms with Crippen LogP contribution in [0.5, 0.6) is 11.6 Å². The third kappa shape index (κ3) is 3.34. The van der Waals surface area contributed by atoms with Gasteiger partial charge in [0.2, 0.25) is 5.88 Å². The van der Waals surface area contributed by atoms with E-state index in [-0.39, 0.29) is 16.8 Å². The fourth-order valence-electron chi connectivity index (χ4n) is 1.45. The smallest absolute Gasteiger partial charge is 0.418 e. The first-order valence-electron chi connectivity index (χ1n) is 5.24. The second kappa shape index (κ2) is 5.49. The van der Waals surface area contributed by atoms with Crippen molar-refractivity contribution in [3.05, 3.63) is 45.5 Å². The van der Waals surface area contributed by atoms with Crippen molar-refractivity contribution in [1.29, 1.82) is 0 Å². The number of pyridine rings is 1. The number of hydrogen-bond donors (Lipinski definition) is 1. The van der Waals surface area contributed by atoms with Crippen LogP contribution in [0.2, 0.25) is 5.15 Å². The third-order valence-electron chi connectivity index (χ3n) is 2.32. The first kappa shape index (κ1) is 14.9. The Bertz CT molecular complexity index is 649. The fraction of sp³-hybridized carbons (Fsp3) is 0.0833. The molecule has 0 saturated heterocycles. The van der Waals surface area contributed by atoms with Crippen molar-refractivity contribution in [3.8, 4) is 11.6 Å². The molecule has 0 radical (unpaired) electrons. The van der Waals surface area contributed by atoms with Crippen molar-refractivity contribution in [2.24, 2.45) is 0 Å². The lowest BCUT2D eigenvalue weighted by molar-refractivity contribution is -0.136. The molecule has 0 saturated carbocycles. The Morgan fingerprint density at radius 3 is 2.50 bits per heavy atom. The van der Waals surface area contributed by atoms with Crippen LogP contribution in [-0.2, 0) is 6.18 Å². The van der Waals surface area contributed by atoms with Gasteiger partial charge in [-0.05, 0) is 40.2 Å². The molecule has 1 heterocycles. The van der Waals surface area contributed by atoms with Crippen LogP contribution in [0, 0.1) is 0 Å². The van der Waals surface area contributed by atoms with Gasteiger partial charge in [-0.3, -0.25) is 0 Å². The molecule has 0 bridgehead atoms. The van der Waals surface area contributed by atoms with Crippen molar-refractivity contribution in [3.63, 3.8) is 0 Å². The first-order chi connectivity index (χ1) is 9.27. The minimum atomic E-state index is -4.50. The van der Waals surface area contributed by atoms with E-state index >= 15 is 0 Å². The highest BCUT2D eigenvalue weighted by atomic mass is 79.9. The number of halogens is 5. The highest BCUT2D eigenvalue weighted by Crippen LogP contribution is 2.36. The van der Waals surface area contributed by atoms with Gasteiger partial charge in [0.1, 0.15) is 10.9 Å². The van der Waals surface area contributed by atoms with Gasteiger partial charge in [-0.2, -0.15) is 13.2 Å². The highest BCUT2D eigenvalue weighted by molar-refractivity contribution is 9.10. The Hall–Kier alpha value is -1.47. The maximum atomic E-state index is 12.6.